The molecule has 1 aromatic rings. The van der Waals surface area contributed by atoms with Gasteiger partial charge in [-0.25, -0.2) is 4.79 Å². The average Bonchev–Trinajstić information content (AvgIpc) is 2.66. The van der Waals surface area contributed by atoms with Gasteiger partial charge in [0, 0.05) is 4.88 Å². The highest BCUT2D eigenvalue weighted by molar-refractivity contribution is 7.14. The van der Waals surface area contributed by atoms with Crippen LogP contribution in [0.2, 0.25) is 0 Å². The summed E-state index contributed by atoms with van der Waals surface area (Å²) in [6, 6.07) is 3.36. The number of thiophene rings is 1. The van der Waals surface area contributed by atoms with Gasteiger partial charge in [-0.1, -0.05) is 0 Å². The second-order valence-corrected chi connectivity index (χ2v) is 3.90. The number of esters is 1. The molecule has 5 heteroatoms. The van der Waals surface area contributed by atoms with Gasteiger partial charge in [-0.2, -0.15) is 0 Å². The lowest BCUT2D eigenvalue weighted by Crippen LogP contribution is -2.05. The molecular formula is C9H13NO3S. The summed E-state index contributed by atoms with van der Waals surface area (Å²) in [6.07, 6.45) is -0.0791. The van der Waals surface area contributed by atoms with Gasteiger partial charge in [0.05, 0.1) is 13.2 Å². The van der Waals surface area contributed by atoms with E-state index < -0.39 is 6.10 Å². The molecule has 1 atom stereocenters. The van der Waals surface area contributed by atoms with Gasteiger partial charge in [0.1, 0.15) is 4.88 Å². The Labute approximate surface area is 86.3 Å². The first-order valence-electron chi connectivity index (χ1n) is 4.25. The molecule has 78 valence electrons. The zero-order valence-corrected chi connectivity index (χ0v) is 8.71. The standard InChI is InChI=1S/C9H13NO3S/c1-13-9(12)8-3-2-7(14-8)6(11)4-5-10/h2-3,6,11H,4-5,10H2,1H3. The molecule has 1 rings (SSSR count). The summed E-state index contributed by atoms with van der Waals surface area (Å²) in [5.74, 6) is -0.374. The van der Waals surface area contributed by atoms with Gasteiger partial charge in [0.15, 0.2) is 0 Å². The molecule has 0 spiro atoms. The lowest BCUT2D eigenvalue weighted by molar-refractivity contribution is 0.0606. The van der Waals surface area contributed by atoms with E-state index in [4.69, 9.17) is 5.73 Å². The maximum atomic E-state index is 11.1. The topological polar surface area (TPSA) is 72.5 Å². The SMILES string of the molecule is COC(=O)c1ccc(C(O)CCN)s1. The molecule has 0 saturated carbocycles. The molecule has 0 fully saturated rings. The second-order valence-electron chi connectivity index (χ2n) is 2.79. The van der Waals surface area contributed by atoms with E-state index in [1.165, 1.54) is 18.4 Å². The Morgan fingerprint density at radius 3 is 3.00 bits per heavy atom. The van der Waals surface area contributed by atoms with Crippen LogP contribution in [0.5, 0.6) is 0 Å². The lowest BCUT2D eigenvalue weighted by atomic mass is 10.2. The molecule has 1 aromatic heterocycles. The van der Waals surface area contributed by atoms with Crippen molar-refractivity contribution in [2.24, 2.45) is 5.73 Å². The molecule has 1 unspecified atom stereocenters. The van der Waals surface area contributed by atoms with Gasteiger partial charge in [-0.15, -0.1) is 11.3 Å². The summed E-state index contributed by atoms with van der Waals surface area (Å²) in [5, 5.41) is 9.57. The average molecular weight is 215 g/mol. The van der Waals surface area contributed by atoms with Crippen molar-refractivity contribution in [3.8, 4) is 0 Å². The fraction of sp³-hybridized carbons (Fsp3) is 0.444. The van der Waals surface area contributed by atoms with Crippen molar-refractivity contribution in [1.29, 1.82) is 0 Å². The third-order valence-electron chi connectivity index (χ3n) is 1.78. The number of aliphatic hydroxyl groups excluding tert-OH is 1. The van der Waals surface area contributed by atoms with Crippen molar-refractivity contribution < 1.29 is 14.6 Å². The van der Waals surface area contributed by atoms with Gasteiger partial charge in [-0.05, 0) is 25.1 Å². The zero-order chi connectivity index (χ0) is 10.6. The highest BCUT2D eigenvalue weighted by Gasteiger charge is 2.13. The summed E-state index contributed by atoms with van der Waals surface area (Å²) >= 11 is 1.23. The van der Waals surface area contributed by atoms with Crippen LogP contribution < -0.4 is 5.73 Å². The first-order chi connectivity index (χ1) is 6.69. The van der Waals surface area contributed by atoms with Crippen LogP contribution in [0.3, 0.4) is 0 Å². The van der Waals surface area contributed by atoms with Crippen LogP contribution >= 0.6 is 11.3 Å². The molecule has 0 amide bonds. The van der Waals surface area contributed by atoms with Crippen LogP contribution in [-0.2, 0) is 4.74 Å². The van der Waals surface area contributed by atoms with Crippen LogP contribution in [-0.4, -0.2) is 24.7 Å². The van der Waals surface area contributed by atoms with Crippen molar-refractivity contribution >= 4 is 17.3 Å². The highest BCUT2D eigenvalue weighted by Crippen LogP contribution is 2.25. The summed E-state index contributed by atoms with van der Waals surface area (Å²) in [6.45, 7) is 0.423. The van der Waals surface area contributed by atoms with E-state index in [2.05, 4.69) is 4.74 Å². The zero-order valence-electron chi connectivity index (χ0n) is 7.90. The Balaban J connectivity index is 2.72. The van der Waals surface area contributed by atoms with Crippen LogP contribution in [0, 0.1) is 0 Å². The molecule has 4 nitrogen and oxygen atoms in total. The largest absolute Gasteiger partial charge is 0.465 e. The van der Waals surface area contributed by atoms with Crippen molar-refractivity contribution in [2.45, 2.75) is 12.5 Å². The molecule has 0 aliphatic rings. The number of hydrogen-bond acceptors (Lipinski definition) is 5. The molecule has 14 heavy (non-hydrogen) atoms. The molecule has 0 aromatic carbocycles. The number of carbonyl (C=O) groups is 1. The number of aliphatic hydroxyl groups is 1. The minimum absolute atomic E-state index is 0.374. The normalized spacial score (nSPS) is 12.5. The van der Waals surface area contributed by atoms with Crippen LogP contribution in [0.1, 0.15) is 27.1 Å². The first kappa shape index (κ1) is 11.2. The highest BCUT2D eigenvalue weighted by atomic mass is 32.1. The minimum atomic E-state index is -0.580. The van der Waals surface area contributed by atoms with Crippen LogP contribution in [0.25, 0.3) is 0 Å². The van der Waals surface area contributed by atoms with E-state index in [0.717, 1.165) is 4.88 Å². The molecule has 0 aliphatic heterocycles. The number of rotatable bonds is 4. The quantitative estimate of drug-likeness (QED) is 0.732. The van der Waals surface area contributed by atoms with E-state index in [1.807, 2.05) is 0 Å². The third kappa shape index (κ3) is 2.54. The van der Waals surface area contributed by atoms with E-state index in [1.54, 1.807) is 12.1 Å². The predicted molar refractivity (Wildman–Crippen MR) is 54.3 cm³/mol. The predicted octanol–water partition coefficient (Wildman–Crippen LogP) is 0.917. The number of nitrogens with two attached hydrogens (primary N) is 1. The summed E-state index contributed by atoms with van der Waals surface area (Å²) in [7, 11) is 1.33. The van der Waals surface area contributed by atoms with Crippen LogP contribution in [0.15, 0.2) is 12.1 Å². The molecule has 1 heterocycles. The maximum Gasteiger partial charge on any atom is 0.348 e. The summed E-state index contributed by atoms with van der Waals surface area (Å²) < 4.78 is 4.55. The summed E-state index contributed by atoms with van der Waals surface area (Å²) in [4.78, 5) is 12.3. The maximum absolute atomic E-state index is 11.1. The van der Waals surface area contributed by atoms with Gasteiger partial charge in [0.25, 0.3) is 0 Å². The Morgan fingerprint density at radius 1 is 1.71 bits per heavy atom. The van der Waals surface area contributed by atoms with E-state index >= 15 is 0 Å². The van der Waals surface area contributed by atoms with Crippen molar-refractivity contribution in [1.82, 2.24) is 0 Å². The minimum Gasteiger partial charge on any atom is -0.465 e. The Hall–Kier alpha value is -0.910. The molecule has 0 bridgehead atoms. The van der Waals surface area contributed by atoms with Gasteiger partial charge >= 0.3 is 5.97 Å². The molecule has 3 N–H and O–H groups in total. The molecule has 0 aliphatic carbocycles. The fourth-order valence-electron chi connectivity index (χ4n) is 1.04. The Kier molecular flexibility index (Phi) is 4.06. The lowest BCUT2D eigenvalue weighted by Gasteiger charge is -2.04. The fourth-order valence-corrected chi connectivity index (χ4v) is 1.99. The van der Waals surface area contributed by atoms with Gasteiger partial charge in [-0.3, -0.25) is 0 Å². The van der Waals surface area contributed by atoms with Gasteiger partial charge in [0.2, 0.25) is 0 Å². The molecule has 0 saturated heterocycles. The van der Waals surface area contributed by atoms with Crippen molar-refractivity contribution in [3.63, 3.8) is 0 Å². The monoisotopic (exact) mass is 215 g/mol. The second kappa shape index (κ2) is 5.09. The number of hydrogen-bond donors (Lipinski definition) is 2. The third-order valence-corrected chi connectivity index (χ3v) is 2.95. The van der Waals surface area contributed by atoms with E-state index in [9.17, 15) is 9.90 Å². The van der Waals surface area contributed by atoms with Crippen LogP contribution in [0.4, 0.5) is 0 Å². The van der Waals surface area contributed by atoms with Crippen molar-refractivity contribution in [3.05, 3.63) is 21.9 Å². The van der Waals surface area contributed by atoms with Gasteiger partial charge < -0.3 is 15.6 Å². The van der Waals surface area contributed by atoms with E-state index in [-0.39, 0.29) is 5.97 Å². The Bertz CT molecular complexity index is 311. The molecule has 0 radical (unpaired) electrons. The number of carbonyl (C=O) groups excluding carboxylic acids is 1. The van der Waals surface area contributed by atoms with E-state index in [0.29, 0.717) is 17.8 Å². The number of ether oxygens (including phenoxy) is 1. The Morgan fingerprint density at radius 2 is 2.43 bits per heavy atom. The molecular weight excluding hydrogens is 202 g/mol. The first-order valence-corrected chi connectivity index (χ1v) is 5.07. The smallest absolute Gasteiger partial charge is 0.348 e. The number of methoxy groups -OCH3 is 1. The summed E-state index contributed by atoms with van der Waals surface area (Å²) in [5.41, 5.74) is 5.31. The van der Waals surface area contributed by atoms with Crippen molar-refractivity contribution in [2.75, 3.05) is 13.7 Å².